The van der Waals surface area contributed by atoms with Gasteiger partial charge in [-0.3, -0.25) is 4.68 Å². The van der Waals surface area contributed by atoms with E-state index in [1.807, 2.05) is 17.1 Å². The zero-order valence-electron chi connectivity index (χ0n) is 9.53. The van der Waals surface area contributed by atoms with Gasteiger partial charge in [0, 0.05) is 25.4 Å². The largest absolute Gasteiger partial charge is 0.377 e. The fourth-order valence-electron chi connectivity index (χ4n) is 2.00. The Morgan fingerprint density at radius 3 is 3.25 bits per heavy atom. The maximum Gasteiger partial charge on any atom is 0.0726 e. The summed E-state index contributed by atoms with van der Waals surface area (Å²) in [6, 6.07) is 0.432. The van der Waals surface area contributed by atoms with Crippen molar-refractivity contribution in [2.45, 2.75) is 38.5 Å². The molecule has 1 aromatic rings. The Balaban J connectivity index is 1.67. The number of hydrogen-bond donors (Lipinski definition) is 1. The Kier molecular flexibility index (Phi) is 4.37. The van der Waals surface area contributed by atoms with Gasteiger partial charge in [-0.25, -0.2) is 0 Å². The molecule has 1 aromatic heterocycles. The van der Waals surface area contributed by atoms with E-state index in [2.05, 4.69) is 33.3 Å². The lowest BCUT2D eigenvalue weighted by atomic mass is 10.1. The van der Waals surface area contributed by atoms with Crippen LogP contribution in [0.1, 0.15) is 19.8 Å². The molecule has 0 aliphatic carbocycles. The number of rotatable bonds is 5. The molecule has 1 fully saturated rings. The normalized spacial score (nSPS) is 22.5. The molecule has 0 amide bonds. The van der Waals surface area contributed by atoms with Crippen LogP contribution in [0.15, 0.2) is 16.9 Å². The first-order chi connectivity index (χ1) is 7.75. The van der Waals surface area contributed by atoms with Crippen molar-refractivity contribution < 1.29 is 4.74 Å². The fraction of sp³-hybridized carbons (Fsp3) is 0.727. The molecule has 0 radical (unpaired) electrons. The number of ether oxygens (including phenoxy) is 1. The van der Waals surface area contributed by atoms with Gasteiger partial charge >= 0.3 is 0 Å². The number of halogens is 1. The van der Waals surface area contributed by atoms with Crippen molar-refractivity contribution in [3.8, 4) is 0 Å². The molecule has 90 valence electrons. The highest BCUT2D eigenvalue weighted by atomic mass is 79.9. The van der Waals surface area contributed by atoms with Gasteiger partial charge in [0.1, 0.15) is 0 Å². The second kappa shape index (κ2) is 5.80. The van der Waals surface area contributed by atoms with E-state index in [1.165, 1.54) is 12.8 Å². The van der Waals surface area contributed by atoms with Crippen LogP contribution in [0.2, 0.25) is 0 Å². The molecule has 1 aliphatic rings. The molecule has 2 rings (SSSR count). The summed E-state index contributed by atoms with van der Waals surface area (Å²) in [5.74, 6) is 0. The molecule has 1 N–H and O–H groups in total. The molecular formula is C11H18BrN3O. The van der Waals surface area contributed by atoms with Crippen LogP contribution in [0.4, 0.5) is 0 Å². The average molecular weight is 288 g/mol. The summed E-state index contributed by atoms with van der Waals surface area (Å²) in [4.78, 5) is 0. The van der Waals surface area contributed by atoms with Crippen LogP contribution < -0.4 is 5.32 Å². The van der Waals surface area contributed by atoms with Gasteiger partial charge in [0.25, 0.3) is 0 Å². The fourth-order valence-corrected chi connectivity index (χ4v) is 2.32. The van der Waals surface area contributed by atoms with E-state index < -0.39 is 0 Å². The number of nitrogens with one attached hydrogen (secondary N) is 1. The molecule has 2 heterocycles. The minimum Gasteiger partial charge on any atom is -0.377 e. The van der Waals surface area contributed by atoms with Crippen molar-refractivity contribution in [2.75, 3.05) is 13.2 Å². The number of hydrogen-bond acceptors (Lipinski definition) is 3. The first kappa shape index (κ1) is 12.1. The Labute approximate surface area is 104 Å². The minimum atomic E-state index is 0.393. The zero-order chi connectivity index (χ0) is 11.4. The minimum absolute atomic E-state index is 0.393. The summed E-state index contributed by atoms with van der Waals surface area (Å²) < 4.78 is 8.59. The lowest BCUT2D eigenvalue weighted by molar-refractivity contribution is 0.0834. The molecule has 5 heteroatoms. The van der Waals surface area contributed by atoms with E-state index in [9.17, 15) is 0 Å². The summed E-state index contributed by atoms with van der Waals surface area (Å²) in [5, 5.41) is 7.69. The number of nitrogens with zero attached hydrogens (tertiary/aromatic N) is 2. The van der Waals surface area contributed by atoms with E-state index >= 15 is 0 Å². The highest BCUT2D eigenvalue weighted by Gasteiger charge is 2.21. The third-order valence-corrected chi connectivity index (χ3v) is 3.34. The van der Waals surface area contributed by atoms with E-state index in [1.54, 1.807) is 0 Å². The summed E-state index contributed by atoms with van der Waals surface area (Å²) in [7, 11) is 0. The van der Waals surface area contributed by atoms with E-state index in [0.29, 0.717) is 12.1 Å². The van der Waals surface area contributed by atoms with E-state index in [-0.39, 0.29) is 0 Å². The lowest BCUT2D eigenvalue weighted by Gasteiger charge is -2.19. The van der Waals surface area contributed by atoms with Crippen LogP contribution in [0.25, 0.3) is 0 Å². The maximum atomic E-state index is 5.63. The second-order valence-electron chi connectivity index (χ2n) is 4.22. The zero-order valence-corrected chi connectivity index (χ0v) is 11.1. The second-order valence-corrected chi connectivity index (χ2v) is 5.13. The van der Waals surface area contributed by atoms with Gasteiger partial charge in [-0.15, -0.1) is 0 Å². The molecule has 0 aromatic carbocycles. The van der Waals surface area contributed by atoms with Gasteiger partial charge in [-0.05, 0) is 35.7 Å². The van der Waals surface area contributed by atoms with Gasteiger partial charge in [0.15, 0.2) is 0 Å². The number of aromatic nitrogens is 2. The van der Waals surface area contributed by atoms with Gasteiger partial charge in [-0.2, -0.15) is 5.10 Å². The van der Waals surface area contributed by atoms with Gasteiger partial charge in [0.2, 0.25) is 0 Å². The van der Waals surface area contributed by atoms with Gasteiger partial charge in [-0.1, -0.05) is 0 Å². The molecule has 2 atom stereocenters. The standard InChI is InChI=1S/C11H18BrN3O/c1-9(11-3-2-6-16-11)13-4-5-15-8-10(12)7-14-15/h7-9,11,13H,2-6H2,1H3. The maximum absolute atomic E-state index is 5.63. The topological polar surface area (TPSA) is 39.1 Å². The van der Waals surface area contributed by atoms with Crippen LogP contribution in [0.5, 0.6) is 0 Å². The highest BCUT2D eigenvalue weighted by molar-refractivity contribution is 9.10. The van der Waals surface area contributed by atoms with Crippen LogP contribution >= 0.6 is 15.9 Å². The predicted octanol–water partition coefficient (Wildman–Crippen LogP) is 1.80. The smallest absolute Gasteiger partial charge is 0.0726 e. The van der Waals surface area contributed by atoms with Crippen molar-refractivity contribution >= 4 is 15.9 Å². The third kappa shape index (κ3) is 3.30. The van der Waals surface area contributed by atoms with Gasteiger partial charge < -0.3 is 10.1 Å². The quantitative estimate of drug-likeness (QED) is 0.898. The van der Waals surface area contributed by atoms with E-state index in [4.69, 9.17) is 4.74 Å². The molecule has 2 unspecified atom stereocenters. The Morgan fingerprint density at radius 2 is 2.62 bits per heavy atom. The molecular weight excluding hydrogens is 270 g/mol. The first-order valence-corrected chi connectivity index (χ1v) is 6.58. The highest BCUT2D eigenvalue weighted by Crippen LogP contribution is 2.15. The monoisotopic (exact) mass is 287 g/mol. The van der Waals surface area contributed by atoms with Crippen LogP contribution in [0, 0.1) is 0 Å². The summed E-state index contributed by atoms with van der Waals surface area (Å²) in [6.45, 7) is 4.93. The Bertz CT molecular complexity index is 323. The lowest BCUT2D eigenvalue weighted by Crippen LogP contribution is -2.38. The molecule has 16 heavy (non-hydrogen) atoms. The van der Waals surface area contributed by atoms with Crippen molar-refractivity contribution in [1.29, 1.82) is 0 Å². The summed E-state index contributed by atoms with van der Waals surface area (Å²) in [5.41, 5.74) is 0. The third-order valence-electron chi connectivity index (χ3n) is 2.93. The van der Waals surface area contributed by atoms with Gasteiger partial charge in [0.05, 0.1) is 23.3 Å². The average Bonchev–Trinajstić information content (AvgIpc) is 2.89. The van der Waals surface area contributed by atoms with Crippen molar-refractivity contribution in [1.82, 2.24) is 15.1 Å². The summed E-state index contributed by atoms with van der Waals surface area (Å²) >= 11 is 3.38. The molecule has 0 spiro atoms. The van der Waals surface area contributed by atoms with Crippen molar-refractivity contribution in [2.24, 2.45) is 0 Å². The molecule has 4 nitrogen and oxygen atoms in total. The molecule has 1 saturated heterocycles. The van der Waals surface area contributed by atoms with Crippen molar-refractivity contribution in [3.05, 3.63) is 16.9 Å². The Morgan fingerprint density at radius 1 is 1.75 bits per heavy atom. The van der Waals surface area contributed by atoms with Crippen LogP contribution in [-0.4, -0.2) is 35.1 Å². The first-order valence-electron chi connectivity index (χ1n) is 5.78. The van der Waals surface area contributed by atoms with E-state index in [0.717, 1.165) is 24.2 Å². The SMILES string of the molecule is CC(NCCn1cc(Br)cn1)C1CCCO1. The Hall–Kier alpha value is -0.390. The molecule has 0 bridgehead atoms. The van der Waals surface area contributed by atoms with Crippen molar-refractivity contribution in [3.63, 3.8) is 0 Å². The van der Waals surface area contributed by atoms with Crippen LogP contribution in [0.3, 0.4) is 0 Å². The predicted molar refractivity (Wildman–Crippen MR) is 66.4 cm³/mol. The summed E-state index contributed by atoms with van der Waals surface area (Å²) in [6.07, 6.45) is 6.57. The molecule has 1 aliphatic heterocycles. The molecule has 0 saturated carbocycles. The van der Waals surface area contributed by atoms with Crippen LogP contribution in [-0.2, 0) is 11.3 Å².